The fourth-order valence-corrected chi connectivity index (χ4v) is 5.91. The molecular weight excluding hydrogens is 481 g/mol. The van der Waals surface area contributed by atoms with Crippen LogP contribution in [0, 0.1) is 17.5 Å². The number of aromatic hydroxyl groups is 1. The van der Waals surface area contributed by atoms with E-state index in [4.69, 9.17) is 5.73 Å². The Hall–Kier alpha value is -3.83. The zero-order valence-electron chi connectivity index (χ0n) is 19.3. The summed E-state index contributed by atoms with van der Waals surface area (Å²) < 4.78 is 44.0. The van der Waals surface area contributed by atoms with E-state index in [1.54, 1.807) is 6.92 Å². The number of pyridine rings is 1. The fraction of sp³-hybridized carbons (Fsp3) is 0.417. The number of aromatic nitrogens is 1. The molecule has 190 valence electrons. The Morgan fingerprint density at radius 3 is 2.47 bits per heavy atom. The van der Waals surface area contributed by atoms with Crippen LogP contribution >= 0.6 is 0 Å². The molecule has 0 saturated carbocycles. The van der Waals surface area contributed by atoms with E-state index in [9.17, 15) is 37.5 Å². The maximum atomic E-state index is 14.6. The third-order valence-electron chi connectivity index (χ3n) is 7.82. The molecule has 0 unspecified atom stereocenters. The van der Waals surface area contributed by atoms with Crippen molar-refractivity contribution in [1.29, 1.82) is 0 Å². The maximum Gasteiger partial charge on any atom is 0.274 e. The van der Waals surface area contributed by atoms with Crippen LogP contribution < -0.4 is 11.2 Å². The van der Waals surface area contributed by atoms with Gasteiger partial charge in [-0.25, -0.2) is 13.2 Å². The van der Waals surface area contributed by atoms with Crippen molar-refractivity contribution in [2.75, 3.05) is 6.54 Å². The van der Waals surface area contributed by atoms with Gasteiger partial charge < -0.3 is 25.2 Å². The molecule has 5 rings (SSSR count). The average Bonchev–Trinajstić information content (AvgIpc) is 3.05. The number of likely N-dealkylation sites (tertiary alicyclic amines) is 1. The number of halogens is 3. The second-order valence-corrected chi connectivity index (χ2v) is 9.63. The van der Waals surface area contributed by atoms with Crippen LogP contribution in [-0.2, 0) is 11.3 Å². The molecular formula is C24H23F3N4O5. The van der Waals surface area contributed by atoms with Crippen LogP contribution in [0.5, 0.6) is 5.75 Å². The molecule has 2 bridgehead atoms. The Kier molecular flexibility index (Phi) is 5.38. The van der Waals surface area contributed by atoms with Crippen molar-refractivity contribution in [3.05, 3.63) is 62.8 Å². The van der Waals surface area contributed by atoms with E-state index in [1.807, 2.05) is 0 Å². The lowest BCUT2D eigenvalue weighted by atomic mass is 9.81. The molecule has 2 aromatic rings. The number of benzene rings is 1. The first-order chi connectivity index (χ1) is 17.0. The number of nitrogens with zero attached hydrogens (tertiary/aromatic N) is 3. The smallest absolute Gasteiger partial charge is 0.274 e. The minimum absolute atomic E-state index is 0.0491. The van der Waals surface area contributed by atoms with Crippen LogP contribution in [-0.4, -0.2) is 55.3 Å². The average molecular weight is 504 g/mol. The van der Waals surface area contributed by atoms with E-state index >= 15 is 0 Å². The minimum Gasteiger partial charge on any atom is -0.503 e. The zero-order valence-corrected chi connectivity index (χ0v) is 19.3. The molecule has 9 nitrogen and oxygen atoms in total. The molecule has 1 aromatic heterocycles. The summed E-state index contributed by atoms with van der Waals surface area (Å²) in [5.74, 6) is -6.41. The van der Waals surface area contributed by atoms with E-state index in [0.29, 0.717) is 25.0 Å². The van der Waals surface area contributed by atoms with Gasteiger partial charge >= 0.3 is 0 Å². The molecule has 4 heterocycles. The van der Waals surface area contributed by atoms with Gasteiger partial charge in [-0.05, 0) is 26.2 Å². The summed E-state index contributed by atoms with van der Waals surface area (Å²) in [7, 11) is 0. The zero-order chi connectivity index (χ0) is 26.1. The highest BCUT2D eigenvalue weighted by Crippen LogP contribution is 2.49. The van der Waals surface area contributed by atoms with Gasteiger partial charge in [-0.3, -0.25) is 19.2 Å². The second-order valence-electron chi connectivity index (χ2n) is 9.63. The number of fused-ring (bicyclic) bond motifs is 5. The number of rotatable bonds is 3. The van der Waals surface area contributed by atoms with Crippen LogP contribution in [0.2, 0.25) is 0 Å². The maximum absolute atomic E-state index is 14.6. The van der Waals surface area contributed by atoms with Crippen LogP contribution in [0.3, 0.4) is 0 Å². The standard InChI is InChI=1S/C24H23F3N4O5/c1-11-2-4-24(5-3-18(32)31(24)9-13-15(26)6-12(25)7-16(13)27)17-10-29(11)23(36)19-21(34)20(33)14(22(28)35)8-30(17)19/h6-8,11,17,34H,2-5,9-10H2,1H3,(H2,28,35)/t11-,17+,24-/m0/s1. The molecule has 3 aliphatic heterocycles. The van der Waals surface area contributed by atoms with Crippen molar-refractivity contribution in [1.82, 2.24) is 14.4 Å². The van der Waals surface area contributed by atoms with Crippen molar-refractivity contribution in [2.24, 2.45) is 5.73 Å². The molecule has 3 amide bonds. The van der Waals surface area contributed by atoms with E-state index in [0.717, 1.165) is 6.20 Å². The summed E-state index contributed by atoms with van der Waals surface area (Å²) in [5.41, 5.74) is 1.82. The molecule has 12 heteroatoms. The number of nitrogens with two attached hydrogens (primary N) is 1. The third-order valence-corrected chi connectivity index (χ3v) is 7.82. The van der Waals surface area contributed by atoms with Crippen LogP contribution in [0.15, 0.2) is 23.1 Å². The molecule has 2 saturated heterocycles. The lowest BCUT2D eigenvalue weighted by molar-refractivity contribution is -0.133. The van der Waals surface area contributed by atoms with Gasteiger partial charge in [0.05, 0.1) is 18.1 Å². The van der Waals surface area contributed by atoms with E-state index in [1.165, 1.54) is 14.4 Å². The van der Waals surface area contributed by atoms with Crippen molar-refractivity contribution in [3.8, 4) is 5.75 Å². The number of amides is 3. The highest BCUT2D eigenvalue weighted by Gasteiger charge is 2.56. The summed E-state index contributed by atoms with van der Waals surface area (Å²) in [4.78, 5) is 53.7. The second kappa shape index (κ2) is 8.10. The summed E-state index contributed by atoms with van der Waals surface area (Å²) in [6.45, 7) is 1.36. The number of primary amides is 1. The topological polar surface area (TPSA) is 126 Å². The van der Waals surface area contributed by atoms with E-state index in [2.05, 4.69) is 0 Å². The highest BCUT2D eigenvalue weighted by molar-refractivity contribution is 5.99. The largest absolute Gasteiger partial charge is 0.503 e. The Balaban J connectivity index is 1.71. The van der Waals surface area contributed by atoms with Gasteiger partial charge in [0.1, 0.15) is 23.0 Å². The normalized spacial score (nSPS) is 25.3. The molecule has 3 aliphatic rings. The van der Waals surface area contributed by atoms with Crippen LogP contribution in [0.4, 0.5) is 13.2 Å². The first kappa shape index (κ1) is 23.9. The van der Waals surface area contributed by atoms with Gasteiger partial charge in [0, 0.05) is 42.9 Å². The van der Waals surface area contributed by atoms with E-state index in [-0.39, 0.29) is 31.1 Å². The summed E-state index contributed by atoms with van der Waals surface area (Å²) in [6, 6.07) is -0.0227. The van der Waals surface area contributed by atoms with E-state index < -0.39 is 75.6 Å². The van der Waals surface area contributed by atoms with Crippen LogP contribution in [0.25, 0.3) is 0 Å². The SMILES string of the molecule is C[C@H]1CC[C@]2(CCC(=O)N2Cc2c(F)cc(F)cc2F)[C@H]2CN1C(=O)c1c(O)c(=O)c(C(N)=O)cn12. The van der Waals surface area contributed by atoms with Crippen molar-refractivity contribution in [2.45, 2.75) is 56.8 Å². The first-order valence-electron chi connectivity index (χ1n) is 11.5. The molecule has 0 radical (unpaired) electrons. The lowest BCUT2D eigenvalue weighted by Gasteiger charge is -2.47. The van der Waals surface area contributed by atoms with Gasteiger partial charge in [0.2, 0.25) is 11.3 Å². The Morgan fingerprint density at radius 1 is 1.17 bits per heavy atom. The van der Waals surface area contributed by atoms with Crippen molar-refractivity contribution in [3.63, 3.8) is 0 Å². The van der Waals surface area contributed by atoms with Gasteiger partial charge in [-0.1, -0.05) is 0 Å². The quantitative estimate of drug-likeness (QED) is 0.660. The fourth-order valence-electron chi connectivity index (χ4n) is 5.91. The predicted molar refractivity (Wildman–Crippen MR) is 118 cm³/mol. The molecule has 36 heavy (non-hydrogen) atoms. The Labute approximate surface area is 202 Å². The molecule has 0 aliphatic carbocycles. The molecule has 1 aromatic carbocycles. The molecule has 3 N–H and O–H groups in total. The van der Waals surface area contributed by atoms with Gasteiger partial charge in [0.15, 0.2) is 11.4 Å². The summed E-state index contributed by atoms with van der Waals surface area (Å²) in [6.07, 6.45) is 2.17. The van der Waals surface area contributed by atoms with Crippen LogP contribution in [0.1, 0.15) is 65.1 Å². The minimum atomic E-state index is -1.14. The van der Waals surface area contributed by atoms with Gasteiger partial charge in [-0.2, -0.15) is 0 Å². The van der Waals surface area contributed by atoms with Crippen molar-refractivity contribution >= 4 is 17.7 Å². The number of carbonyl (C=O) groups is 3. The lowest BCUT2D eigenvalue weighted by Crippen LogP contribution is -2.57. The third kappa shape index (κ3) is 3.30. The first-order valence-corrected chi connectivity index (χ1v) is 11.5. The summed E-state index contributed by atoms with van der Waals surface area (Å²) in [5, 5.41) is 10.7. The van der Waals surface area contributed by atoms with Gasteiger partial charge in [0.25, 0.3) is 11.8 Å². The molecule has 1 spiro atoms. The predicted octanol–water partition coefficient (Wildman–Crippen LogP) is 1.81. The summed E-state index contributed by atoms with van der Waals surface area (Å²) >= 11 is 0. The van der Waals surface area contributed by atoms with Gasteiger partial charge in [-0.15, -0.1) is 0 Å². The molecule has 2 fully saturated rings. The Bertz CT molecular complexity index is 1370. The Morgan fingerprint density at radius 2 is 1.83 bits per heavy atom. The number of carbonyl (C=O) groups excluding carboxylic acids is 3. The molecule has 3 atom stereocenters. The number of hydrogen-bond donors (Lipinski definition) is 2. The van der Waals surface area contributed by atoms with Crippen molar-refractivity contribution < 1.29 is 32.7 Å². The monoisotopic (exact) mass is 504 g/mol. The number of hydrogen-bond acceptors (Lipinski definition) is 5. The highest BCUT2D eigenvalue weighted by atomic mass is 19.1.